The van der Waals surface area contributed by atoms with Crippen molar-refractivity contribution < 1.29 is 9.53 Å². The summed E-state index contributed by atoms with van der Waals surface area (Å²) in [5, 5.41) is 2.41. The van der Waals surface area contributed by atoms with Gasteiger partial charge in [0.25, 0.3) is 0 Å². The predicted molar refractivity (Wildman–Crippen MR) is 40.5 cm³/mol. The van der Waals surface area contributed by atoms with Crippen LogP contribution in [0.25, 0.3) is 0 Å². The number of aromatic nitrogens is 1. The largest absolute Gasteiger partial charge is 0.495 e. The predicted octanol–water partition coefficient (Wildman–Crippen LogP) is 0.658. The van der Waals surface area contributed by atoms with Gasteiger partial charge in [-0.2, -0.15) is 0 Å². The van der Waals surface area contributed by atoms with Crippen molar-refractivity contribution in [3.8, 4) is 5.75 Å². The van der Waals surface area contributed by atoms with Crippen molar-refractivity contribution in [3.05, 3.63) is 18.3 Å². The zero-order chi connectivity index (χ0) is 8.10. The van der Waals surface area contributed by atoms with E-state index >= 15 is 0 Å². The van der Waals surface area contributed by atoms with E-state index in [1.165, 1.54) is 6.20 Å². The van der Waals surface area contributed by atoms with Crippen molar-refractivity contribution in [2.75, 3.05) is 12.4 Å². The number of pyridine rings is 1. The molecule has 0 spiro atoms. The third-order valence-electron chi connectivity index (χ3n) is 1.18. The maximum Gasteiger partial charge on any atom is 0.212 e. The summed E-state index contributed by atoms with van der Waals surface area (Å²) >= 11 is 0. The summed E-state index contributed by atoms with van der Waals surface area (Å²) in [4.78, 5) is 13.8. The molecule has 1 rings (SSSR count). The molecule has 0 fully saturated rings. The van der Waals surface area contributed by atoms with Gasteiger partial charge in [-0.1, -0.05) is 0 Å². The topological polar surface area (TPSA) is 51.2 Å². The molecule has 0 aliphatic heterocycles. The van der Waals surface area contributed by atoms with Crippen LogP contribution in [0.15, 0.2) is 18.3 Å². The lowest BCUT2D eigenvalue weighted by atomic mass is 10.4. The normalized spacial score (nSPS) is 8.82. The van der Waals surface area contributed by atoms with Gasteiger partial charge in [0.1, 0.15) is 11.6 Å². The molecule has 4 heteroatoms. The lowest BCUT2D eigenvalue weighted by Crippen LogP contribution is -1.96. The molecule has 1 amide bonds. The van der Waals surface area contributed by atoms with Gasteiger partial charge in [-0.15, -0.1) is 0 Å². The monoisotopic (exact) mass is 152 g/mol. The highest BCUT2D eigenvalue weighted by Crippen LogP contribution is 2.09. The first kappa shape index (κ1) is 7.53. The zero-order valence-corrected chi connectivity index (χ0v) is 6.07. The molecule has 1 N–H and O–H groups in total. The van der Waals surface area contributed by atoms with Gasteiger partial charge >= 0.3 is 0 Å². The number of hydrogen-bond acceptors (Lipinski definition) is 3. The third kappa shape index (κ3) is 1.93. The molecule has 1 aromatic rings. The second kappa shape index (κ2) is 3.55. The number of methoxy groups -OCH3 is 1. The summed E-state index contributed by atoms with van der Waals surface area (Å²) in [6.07, 6.45) is 2.11. The average molecular weight is 152 g/mol. The molecule has 0 aliphatic carbocycles. The Bertz CT molecular complexity index is 233. The molecule has 0 bridgehead atoms. The van der Waals surface area contributed by atoms with Crippen molar-refractivity contribution in [2.45, 2.75) is 0 Å². The number of nitrogens with one attached hydrogen (secondary N) is 1. The Labute approximate surface area is 64.2 Å². The molecule has 1 aromatic heterocycles. The fourth-order valence-electron chi connectivity index (χ4n) is 0.647. The van der Waals surface area contributed by atoms with Gasteiger partial charge in [0, 0.05) is 0 Å². The van der Waals surface area contributed by atoms with E-state index in [0.717, 1.165) is 0 Å². The molecule has 0 unspecified atom stereocenters. The van der Waals surface area contributed by atoms with E-state index in [1.807, 2.05) is 0 Å². The third-order valence-corrected chi connectivity index (χ3v) is 1.18. The zero-order valence-electron chi connectivity index (χ0n) is 6.07. The van der Waals surface area contributed by atoms with E-state index in [2.05, 4.69) is 10.3 Å². The highest BCUT2D eigenvalue weighted by molar-refractivity contribution is 5.68. The fraction of sp³-hybridized carbons (Fsp3) is 0.143. The Hall–Kier alpha value is -1.58. The van der Waals surface area contributed by atoms with Crippen LogP contribution in [0.1, 0.15) is 0 Å². The van der Waals surface area contributed by atoms with E-state index in [-0.39, 0.29) is 0 Å². The van der Waals surface area contributed by atoms with Gasteiger partial charge in [0.05, 0.1) is 13.3 Å². The summed E-state index contributed by atoms with van der Waals surface area (Å²) in [7, 11) is 1.56. The van der Waals surface area contributed by atoms with E-state index in [1.54, 1.807) is 19.2 Å². The fourth-order valence-corrected chi connectivity index (χ4v) is 0.647. The Morgan fingerprint density at radius 2 is 2.45 bits per heavy atom. The molecule has 0 saturated heterocycles. The van der Waals surface area contributed by atoms with Crippen molar-refractivity contribution in [1.29, 1.82) is 0 Å². The number of nitrogens with zero attached hydrogens (tertiary/aromatic N) is 1. The highest BCUT2D eigenvalue weighted by atomic mass is 16.5. The number of anilines is 1. The molecule has 0 aliphatic rings. The molecule has 58 valence electrons. The molecule has 0 aromatic carbocycles. The Morgan fingerprint density at radius 1 is 1.64 bits per heavy atom. The maximum absolute atomic E-state index is 9.95. The summed E-state index contributed by atoms with van der Waals surface area (Å²) < 4.78 is 4.87. The number of rotatable bonds is 3. The van der Waals surface area contributed by atoms with E-state index < -0.39 is 0 Å². The van der Waals surface area contributed by atoms with Gasteiger partial charge in [-0.25, -0.2) is 4.98 Å². The van der Waals surface area contributed by atoms with Crippen LogP contribution in [-0.4, -0.2) is 18.5 Å². The first-order valence-electron chi connectivity index (χ1n) is 3.07. The minimum absolute atomic E-state index is 0.515. The smallest absolute Gasteiger partial charge is 0.212 e. The lowest BCUT2D eigenvalue weighted by molar-refractivity contribution is -0.105. The molecule has 0 atom stereocenters. The van der Waals surface area contributed by atoms with E-state index in [9.17, 15) is 4.79 Å². The first-order valence-corrected chi connectivity index (χ1v) is 3.07. The molecular weight excluding hydrogens is 144 g/mol. The Balaban J connectivity index is 2.74. The number of carbonyl (C=O) groups excluding carboxylic acids is 1. The summed E-state index contributed by atoms with van der Waals surface area (Å²) in [5.74, 6) is 1.18. The van der Waals surface area contributed by atoms with Crippen LogP contribution in [0.2, 0.25) is 0 Å². The van der Waals surface area contributed by atoms with Gasteiger partial charge in [0.15, 0.2) is 0 Å². The molecular formula is C7H8N2O2. The molecule has 1 heterocycles. The van der Waals surface area contributed by atoms with E-state index in [0.29, 0.717) is 18.0 Å². The van der Waals surface area contributed by atoms with Crippen LogP contribution in [0.3, 0.4) is 0 Å². The minimum Gasteiger partial charge on any atom is -0.495 e. The van der Waals surface area contributed by atoms with E-state index in [4.69, 9.17) is 4.74 Å². The lowest BCUT2D eigenvalue weighted by Gasteiger charge is -1.99. The van der Waals surface area contributed by atoms with Gasteiger partial charge in [-0.3, -0.25) is 4.79 Å². The van der Waals surface area contributed by atoms with Crippen molar-refractivity contribution in [1.82, 2.24) is 4.98 Å². The van der Waals surface area contributed by atoms with Crippen LogP contribution in [0, 0.1) is 0 Å². The van der Waals surface area contributed by atoms with Crippen LogP contribution in [-0.2, 0) is 4.79 Å². The Kier molecular flexibility index (Phi) is 2.43. The number of ether oxygens (including phenoxy) is 1. The second-order valence-electron chi connectivity index (χ2n) is 1.85. The van der Waals surface area contributed by atoms with Crippen LogP contribution >= 0.6 is 0 Å². The molecule has 0 radical (unpaired) electrons. The SMILES string of the molecule is COc1ccc(NC=O)nc1. The molecule has 11 heavy (non-hydrogen) atoms. The van der Waals surface area contributed by atoms with Crippen LogP contribution in [0.4, 0.5) is 5.82 Å². The highest BCUT2D eigenvalue weighted by Gasteiger charge is 1.91. The molecule has 0 saturated carbocycles. The minimum atomic E-state index is 0.515. The number of hydrogen-bond donors (Lipinski definition) is 1. The number of amides is 1. The Morgan fingerprint density at radius 3 is 2.91 bits per heavy atom. The van der Waals surface area contributed by atoms with Gasteiger partial charge in [0.2, 0.25) is 6.41 Å². The van der Waals surface area contributed by atoms with Crippen molar-refractivity contribution in [2.24, 2.45) is 0 Å². The van der Waals surface area contributed by atoms with Crippen molar-refractivity contribution >= 4 is 12.2 Å². The maximum atomic E-state index is 9.95. The summed E-state index contributed by atoms with van der Waals surface area (Å²) in [6, 6.07) is 3.38. The quantitative estimate of drug-likeness (QED) is 0.647. The second-order valence-corrected chi connectivity index (χ2v) is 1.85. The summed E-state index contributed by atoms with van der Waals surface area (Å²) in [5.41, 5.74) is 0. The summed E-state index contributed by atoms with van der Waals surface area (Å²) in [6.45, 7) is 0. The molecule has 4 nitrogen and oxygen atoms in total. The van der Waals surface area contributed by atoms with Crippen molar-refractivity contribution in [3.63, 3.8) is 0 Å². The van der Waals surface area contributed by atoms with Gasteiger partial charge in [-0.05, 0) is 12.1 Å². The van der Waals surface area contributed by atoms with Crippen LogP contribution in [0.5, 0.6) is 5.75 Å². The number of carbonyl (C=O) groups is 1. The standard InChI is InChI=1S/C7H8N2O2/c1-11-6-2-3-7(8-4-6)9-5-10/h2-5H,1H3,(H,8,9,10). The average Bonchev–Trinajstić information content (AvgIpc) is 2.07. The van der Waals surface area contributed by atoms with Gasteiger partial charge < -0.3 is 10.1 Å². The van der Waals surface area contributed by atoms with Crippen LogP contribution < -0.4 is 10.1 Å². The first-order chi connectivity index (χ1) is 5.36.